The number of ether oxygens (including phenoxy) is 1. The van der Waals surface area contributed by atoms with Crippen LogP contribution in [0.5, 0.6) is 5.75 Å². The smallest absolute Gasteiger partial charge is 0.191 e. The Balaban J connectivity index is 1.76. The number of methoxy groups -OCH3 is 1. The summed E-state index contributed by atoms with van der Waals surface area (Å²) in [5.74, 6) is 2.69. The molecule has 0 aliphatic carbocycles. The molecular formula is C18H25N3O2. The molecule has 1 heterocycles. The van der Waals surface area contributed by atoms with E-state index in [0.29, 0.717) is 0 Å². The van der Waals surface area contributed by atoms with Gasteiger partial charge in [0.05, 0.1) is 13.4 Å². The first-order valence-electron chi connectivity index (χ1n) is 7.83. The molecule has 5 heteroatoms. The molecule has 0 radical (unpaired) electrons. The molecule has 0 bridgehead atoms. The van der Waals surface area contributed by atoms with Crippen molar-refractivity contribution in [1.82, 2.24) is 10.6 Å². The lowest BCUT2D eigenvalue weighted by atomic mass is 10.1. The molecule has 2 aromatic rings. The third-order valence-electron chi connectivity index (χ3n) is 3.59. The second-order valence-corrected chi connectivity index (χ2v) is 5.32. The summed E-state index contributed by atoms with van der Waals surface area (Å²) in [6.45, 7) is 3.66. The van der Waals surface area contributed by atoms with Gasteiger partial charge in [0.25, 0.3) is 0 Å². The van der Waals surface area contributed by atoms with Gasteiger partial charge < -0.3 is 19.8 Å². The first-order valence-corrected chi connectivity index (χ1v) is 7.83. The standard InChI is InChI=1S/C18H25N3O2/c1-14-6-7-17(22-3)15(13-14)8-10-20-18(19-2)21-11-9-16-5-4-12-23-16/h4-7,12-13H,8-11H2,1-3H3,(H2,19,20,21). The van der Waals surface area contributed by atoms with Crippen LogP contribution < -0.4 is 15.4 Å². The zero-order chi connectivity index (χ0) is 16.5. The second kappa shape index (κ2) is 8.88. The summed E-state index contributed by atoms with van der Waals surface area (Å²) in [7, 11) is 3.48. The van der Waals surface area contributed by atoms with E-state index in [1.807, 2.05) is 18.2 Å². The number of guanidine groups is 1. The number of nitrogens with zero attached hydrogens (tertiary/aromatic N) is 1. The fourth-order valence-corrected chi connectivity index (χ4v) is 2.40. The Morgan fingerprint density at radius 1 is 1.17 bits per heavy atom. The van der Waals surface area contributed by atoms with Crippen LogP contribution in [0.25, 0.3) is 0 Å². The zero-order valence-corrected chi connectivity index (χ0v) is 14.1. The van der Waals surface area contributed by atoms with Crippen LogP contribution in [0.3, 0.4) is 0 Å². The molecule has 124 valence electrons. The predicted octanol–water partition coefficient (Wildman–Crippen LogP) is 2.55. The number of benzene rings is 1. The summed E-state index contributed by atoms with van der Waals surface area (Å²) in [4.78, 5) is 4.23. The van der Waals surface area contributed by atoms with Gasteiger partial charge >= 0.3 is 0 Å². The molecule has 2 rings (SSSR count). The zero-order valence-electron chi connectivity index (χ0n) is 14.1. The molecule has 0 atom stereocenters. The van der Waals surface area contributed by atoms with Crippen LogP contribution >= 0.6 is 0 Å². The SMILES string of the molecule is CN=C(NCCc1ccco1)NCCc1cc(C)ccc1OC. The minimum Gasteiger partial charge on any atom is -0.496 e. The lowest BCUT2D eigenvalue weighted by molar-refractivity contribution is 0.409. The Morgan fingerprint density at radius 2 is 1.96 bits per heavy atom. The largest absolute Gasteiger partial charge is 0.496 e. The quantitative estimate of drug-likeness (QED) is 0.609. The fraction of sp³-hybridized carbons (Fsp3) is 0.389. The van der Waals surface area contributed by atoms with E-state index >= 15 is 0 Å². The molecule has 0 amide bonds. The first kappa shape index (κ1) is 16.9. The van der Waals surface area contributed by atoms with Crippen LogP contribution in [0.15, 0.2) is 46.0 Å². The van der Waals surface area contributed by atoms with Gasteiger partial charge in [0.2, 0.25) is 0 Å². The average molecular weight is 315 g/mol. The number of nitrogens with one attached hydrogen (secondary N) is 2. The Labute approximate surface area is 137 Å². The maximum atomic E-state index is 5.41. The van der Waals surface area contributed by atoms with Gasteiger partial charge in [-0.2, -0.15) is 0 Å². The number of hydrogen-bond acceptors (Lipinski definition) is 3. The average Bonchev–Trinajstić information content (AvgIpc) is 3.07. The summed E-state index contributed by atoms with van der Waals surface area (Å²) in [6.07, 6.45) is 3.40. The molecule has 2 N–H and O–H groups in total. The summed E-state index contributed by atoms with van der Waals surface area (Å²) in [5.41, 5.74) is 2.44. The maximum absolute atomic E-state index is 5.41. The molecule has 5 nitrogen and oxygen atoms in total. The molecule has 0 saturated carbocycles. The Kier molecular flexibility index (Phi) is 6.54. The normalized spacial score (nSPS) is 11.3. The van der Waals surface area contributed by atoms with E-state index in [0.717, 1.165) is 43.4 Å². The topological polar surface area (TPSA) is 58.8 Å². The van der Waals surface area contributed by atoms with Crippen LogP contribution in [-0.4, -0.2) is 33.2 Å². The molecule has 0 saturated heterocycles. The first-order chi connectivity index (χ1) is 11.2. The number of aryl methyl sites for hydroxylation is 1. The maximum Gasteiger partial charge on any atom is 0.191 e. The van der Waals surface area contributed by atoms with Gasteiger partial charge in [-0.3, -0.25) is 4.99 Å². The Bertz CT molecular complexity index is 621. The van der Waals surface area contributed by atoms with Gasteiger partial charge in [0, 0.05) is 26.6 Å². The number of furan rings is 1. The third kappa shape index (κ3) is 5.36. The summed E-state index contributed by atoms with van der Waals surface area (Å²) in [5, 5.41) is 6.60. The molecule has 0 aliphatic heterocycles. The molecule has 0 spiro atoms. The summed E-state index contributed by atoms with van der Waals surface area (Å²) >= 11 is 0. The van der Waals surface area contributed by atoms with E-state index in [2.05, 4.69) is 34.7 Å². The molecule has 0 unspecified atom stereocenters. The fourth-order valence-electron chi connectivity index (χ4n) is 2.40. The van der Waals surface area contributed by atoms with Crippen LogP contribution in [0.1, 0.15) is 16.9 Å². The number of hydrogen-bond donors (Lipinski definition) is 2. The van der Waals surface area contributed by atoms with Crippen molar-refractivity contribution < 1.29 is 9.15 Å². The third-order valence-corrected chi connectivity index (χ3v) is 3.59. The Hall–Kier alpha value is -2.43. The van der Waals surface area contributed by atoms with E-state index in [1.54, 1.807) is 20.4 Å². The van der Waals surface area contributed by atoms with Crippen molar-refractivity contribution in [3.05, 3.63) is 53.5 Å². The van der Waals surface area contributed by atoms with Crippen molar-refractivity contribution in [1.29, 1.82) is 0 Å². The van der Waals surface area contributed by atoms with E-state index in [9.17, 15) is 0 Å². The second-order valence-electron chi connectivity index (χ2n) is 5.32. The van der Waals surface area contributed by atoms with Crippen molar-refractivity contribution >= 4 is 5.96 Å². The predicted molar refractivity (Wildman–Crippen MR) is 93.2 cm³/mol. The highest BCUT2D eigenvalue weighted by Crippen LogP contribution is 2.19. The minimum absolute atomic E-state index is 0.779. The van der Waals surface area contributed by atoms with Crippen molar-refractivity contribution in [2.24, 2.45) is 4.99 Å². The van der Waals surface area contributed by atoms with Crippen LogP contribution in [0.4, 0.5) is 0 Å². The monoisotopic (exact) mass is 315 g/mol. The lowest BCUT2D eigenvalue weighted by Gasteiger charge is -2.13. The summed E-state index contributed by atoms with van der Waals surface area (Å²) in [6, 6.07) is 10.1. The van der Waals surface area contributed by atoms with E-state index < -0.39 is 0 Å². The van der Waals surface area contributed by atoms with Gasteiger partial charge in [-0.15, -0.1) is 0 Å². The van der Waals surface area contributed by atoms with Gasteiger partial charge in [-0.05, 0) is 37.1 Å². The highest BCUT2D eigenvalue weighted by Gasteiger charge is 2.04. The van der Waals surface area contributed by atoms with Crippen LogP contribution in [-0.2, 0) is 12.8 Å². The number of rotatable bonds is 7. The highest BCUT2D eigenvalue weighted by atomic mass is 16.5. The van der Waals surface area contributed by atoms with Gasteiger partial charge in [-0.25, -0.2) is 0 Å². The van der Waals surface area contributed by atoms with Crippen molar-refractivity contribution in [3.8, 4) is 5.75 Å². The molecule has 1 aromatic heterocycles. The molecule has 23 heavy (non-hydrogen) atoms. The summed E-state index contributed by atoms with van der Waals surface area (Å²) < 4.78 is 10.7. The van der Waals surface area contributed by atoms with Crippen LogP contribution in [0.2, 0.25) is 0 Å². The molecule has 0 fully saturated rings. The molecular weight excluding hydrogens is 290 g/mol. The van der Waals surface area contributed by atoms with Crippen molar-refractivity contribution in [2.75, 3.05) is 27.2 Å². The molecule has 0 aliphatic rings. The minimum atomic E-state index is 0.779. The van der Waals surface area contributed by atoms with Crippen LogP contribution in [0, 0.1) is 6.92 Å². The highest BCUT2D eigenvalue weighted by molar-refractivity contribution is 5.79. The molecule has 1 aromatic carbocycles. The Morgan fingerprint density at radius 3 is 2.61 bits per heavy atom. The van der Waals surface area contributed by atoms with Gasteiger partial charge in [0.1, 0.15) is 11.5 Å². The van der Waals surface area contributed by atoms with Crippen molar-refractivity contribution in [2.45, 2.75) is 19.8 Å². The van der Waals surface area contributed by atoms with Gasteiger partial charge in [-0.1, -0.05) is 17.7 Å². The van der Waals surface area contributed by atoms with E-state index in [1.165, 1.54) is 11.1 Å². The number of aliphatic imine (C=N–C) groups is 1. The van der Waals surface area contributed by atoms with E-state index in [-0.39, 0.29) is 0 Å². The van der Waals surface area contributed by atoms with Crippen molar-refractivity contribution in [3.63, 3.8) is 0 Å². The lowest BCUT2D eigenvalue weighted by Crippen LogP contribution is -2.39. The van der Waals surface area contributed by atoms with Gasteiger partial charge in [0.15, 0.2) is 5.96 Å². The van der Waals surface area contributed by atoms with E-state index in [4.69, 9.17) is 9.15 Å².